The Morgan fingerprint density at radius 1 is 1.21 bits per heavy atom. The Morgan fingerprint density at radius 3 is 2.71 bits per heavy atom. The highest BCUT2D eigenvalue weighted by molar-refractivity contribution is 9.10. The van der Waals surface area contributed by atoms with Crippen LogP contribution in [0.15, 0.2) is 47.2 Å². The maximum absolute atomic E-state index is 12.4. The maximum atomic E-state index is 12.4. The Bertz CT molecular complexity index is 698. The molecule has 1 heterocycles. The third-order valence-electron chi connectivity index (χ3n) is 4.31. The third-order valence-corrected chi connectivity index (χ3v) is 4.94. The van der Waals surface area contributed by atoms with Crippen molar-refractivity contribution in [3.8, 4) is 0 Å². The van der Waals surface area contributed by atoms with Crippen molar-refractivity contribution in [1.82, 2.24) is 4.98 Å². The minimum absolute atomic E-state index is 0.102. The lowest BCUT2D eigenvalue weighted by Crippen LogP contribution is -2.18. The van der Waals surface area contributed by atoms with Gasteiger partial charge in [0.25, 0.3) is 5.91 Å². The fraction of sp³-hybridized carbons (Fsp3) is 0.400. The molecule has 4 heteroatoms. The van der Waals surface area contributed by atoms with E-state index in [2.05, 4.69) is 59.1 Å². The molecule has 2 aromatic rings. The molecule has 3 nitrogen and oxygen atoms in total. The fourth-order valence-corrected chi connectivity index (χ4v) is 3.16. The zero-order chi connectivity index (χ0) is 17.6. The number of nitrogens with one attached hydrogen (secondary N) is 1. The lowest BCUT2D eigenvalue weighted by molar-refractivity contribution is 0.102. The van der Waals surface area contributed by atoms with E-state index in [-0.39, 0.29) is 11.3 Å². The first-order valence-corrected chi connectivity index (χ1v) is 9.26. The Balaban J connectivity index is 2.13. The molecule has 24 heavy (non-hydrogen) atoms. The average molecular weight is 389 g/mol. The van der Waals surface area contributed by atoms with Gasteiger partial charge in [0.2, 0.25) is 0 Å². The molecule has 0 bridgehead atoms. The first kappa shape index (κ1) is 18.7. The number of unbranched alkanes of at least 4 members (excludes halogenated alkanes) is 2. The van der Waals surface area contributed by atoms with Gasteiger partial charge in [-0.05, 0) is 57.6 Å². The van der Waals surface area contributed by atoms with E-state index in [4.69, 9.17) is 0 Å². The Morgan fingerprint density at radius 2 is 2.00 bits per heavy atom. The molecule has 128 valence electrons. The van der Waals surface area contributed by atoms with Gasteiger partial charge < -0.3 is 5.32 Å². The van der Waals surface area contributed by atoms with Gasteiger partial charge in [-0.3, -0.25) is 4.79 Å². The van der Waals surface area contributed by atoms with E-state index >= 15 is 0 Å². The smallest absolute Gasteiger partial charge is 0.258 e. The summed E-state index contributed by atoms with van der Waals surface area (Å²) in [6.07, 6.45) is 6.51. The van der Waals surface area contributed by atoms with E-state index in [1.165, 1.54) is 24.8 Å². The number of hydrogen-bond acceptors (Lipinski definition) is 2. The molecule has 0 fully saturated rings. The summed E-state index contributed by atoms with van der Waals surface area (Å²) in [7, 11) is 0. The van der Waals surface area contributed by atoms with Gasteiger partial charge in [-0.15, -0.1) is 0 Å². The van der Waals surface area contributed by atoms with Crippen molar-refractivity contribution >= 4 is 27.5 Å². The van der Waals surface area contributed by atoms with E-state index < -0.39 is 0 Å². The van der Waals surface area contributed by atoms with Crippen LogP contribution in [0.5, 0.6) is 0 Å². The number of halogens is 1. The van der Waals surface area contributed by atoms with E-state index in [0.29, 0.717) is 10.2 Å². The zero-order valence-electron chi connectivity index (χ0n) is 14.6. The molecule has 1 N–H and O–H groups in total. The van der Waals surface area contributed by atoms with Crippen molar-refractivity contribution in [3.63, 3.8) is 0 Å². The van der Waals surface area contributed by atoms with E-state index in [1.807, 2.05) is 12.1 Å². The van der Waals surface area contributed by atoms with Gasteiger partial charge in [0.1, 0.15) is 4.60 Å². The maximum Gasteiger partial charge on any atom is 0.258 e. The number of carbonyl (C=O) groups excluding carboxylic acids is 1. The van der Waals surface area contributed by atoms with Gasteiger partial charge in [0.05, 0.1) is 5.56 Å². The summed E-state index contributed by atoms with van der Waals surface area (Å²) >= 11 is 3.32. The summed E-state index contributed by atoms with van der Waals surface area (Å²) in [6, 6.07) is 11.7. The molecular weight excluding hydrogens is 364 g/mol. The van der Waals surface area contributed by atoms with Crippen molar-refractivity contribution in [2.75, 3.05) is 5.32 Å². The van der Waals surface area contributed by atoms with E-state index in [1.54, 1.807) is 18.3 Å². The Labute approximate surface area is 153 Å². The number of rotatable bonds is 7. The van der Waals surface area contributed by atoms with Gasteiger partial charge in [-0.1, -0.05) is 52.2 Å². The largest absolute Gasteiger partial charge is 0.322 e. The average Bonchev–Trinajstić information content (AvgIpc) is 2.55. The second-order valence-corrected chi connectivity index (χ2v) is 7.47. The zero-order valence-corrected chi connectivity index (χ0v) is 16.2. The van der Waals surface area contributed by atoms with Crippen LogP contribution in [0.3, 0.4) is 0 Å². The normalized spacial score (nSPS) is 11.3. The number of aromatic nitrogens is 1. The summed E-state index contributed by atoms with van der Waals surface area (Å²) in [5.41, 5.74) is 2.70. The quantitative estimate of drug-likeness (QED) is 0.469. The number of hydrogen-bond donors (Lipinski definition) is 1. The molecule has 0 aliphatic heterocycles. The molecular formula is C20H25BrN2O. The van der Waals surface area contributed by atoms with Crippen molar-refractivity contribution in [1.29, 1.82) is 0 Å². The lowest BCUT2D eigenvalue weighted by Gasteiger charge is -2.26. The van der Waals surface area contributed by atoms with Crippen LogP contribution >= 0.6 is 15.9 Å². The number of pyridine rings is 1. The second kappa shape index (κ2) is 8.43. The highest BCUT2D eigenvalue weighted by Gasteiger charge is 2.20. The summed E-state index contributed by atoms with van der Waals surface area (Å²) in [6.45, 7) is 6.75. The molecule has 0 radical (unpaired) electrons. The summed E-state index contributed by atoms with van der Waals surface area (Å²) in [5.74, 6) is -0.157. The molecule has 0 saturated heterocycles. The topological polar surface area (TPSA) is 42.0 Å². The molecule has 0 unspecified atom stereocenters. The molecule has 0 aliphatic rings. The van der Waals surface area contributed by atoms with Crippen LogP contribution in [0, 0.1) is 0 Å². The lowest BCUT2D eigenvalue weighted by atomic mass is 9.80. The van der Waals surface area contributed by atoms with Crippen LogP contribution in [0.2, 0.25) is 0 Å². The van der Waals surface area contributed by atoms with E-state index in [0.717, 1.165) is 12.1 Å². The van der Waals surface area contributed by atoms with Crippen LogP contribution in [0.1, 0.15) is 62.4 Å². The molecule has 0 saturated carbocycles. The van der Waals surface area contributed by atoms with Crippen molar-refractivity contribution in [3.05, 3.63) is 58.3 Å². The monoisotopic (exact) mass is 388 g/mol. The molecule has 2 rings (SSSR count). The van der Waals surface area contributed by atoms with E-state index in [9.17, 15) is 4.79 Å². The van der Waals surface area contributed by atoms with Gasteiger partial charge in [-0.25, -0.2) is 4.98 Å². The molecule has 0 spiro atoms. The summed E-state index contributed by atoms with van der Waals surface area (Å²) in [5, 5.41) is 2.97. The van der Waals surface area contributed by atoms with Gasteiger partial charge >= 0.3 is 0 Å². The van der Waals surface area contributed by atoms with Gasteiger partial charge in [0.15, 0.2) is 0 Å². The standard InChI is InChI=1S/C20H25BrN2O/c1-4-5-6-12-20(2,3)15-9-7-10-16(14-15)23-19(24)17-11-8-13-22-18(17)21/h7-11,13-14H,4-6,12H2,1-3H3,(H,23,24). The molecule has 1 aromatic carbocycles. The molecule has 0 atom stereocenters. The summed E-state index contributed by atoms with van der Waals surface area (Å²) < 4.78 is 0.554. The first-order chi connectivity index (χ1) is 11.4. The molecule has 0 aliphatic carbocycles. The number of benzene rings is 1. The van der Waals surface area contributed by atoms with Crippen LogP contribution < -0.4 is 5.32 Å². The minimum atomic E-state index is -0.157. The minimum Gasteiger partial charge on any atom is -0.322 e. The van der Waals surface area contributed by atoms with Crippen molar-refractivity contribution in [2.45, 2.75) is 51.9 Å². The van der Waals surface area contributed by atoms with Crippen LogP contribution in [-0.4, -0.2) is 10.9 Å². The van der Waals surface area contributed by atoms with Gasteiger partial charge in [0, 0.05) is 11.9 Å². The number of carbonyl (C=O) groups is 1. The van der Waals surface area contributed by atoms with Crippen LogP contribution in [-0.2, 0) is 5.41 Å². The van der Waals surface area contributed by atoms with Crippen LogP contribution in [0.4, 0.5) is 5.69 Å². The predicted octanol–water partition coefficient (Wildman–Crippen LogP) is 5.95. The molecule has 1 aromatic heterocycles. The predicted molar refractivity (Wildman–Crippen MR) is 104 cm³/mol. The summed E-state index contributed by atoms with van der Waals surface area (Å²) in [4.78, 5) is 16.5. The van der Waals surface area contributed by atoms with Gasteiger partial charge in [-0.2, -0.15) is 0 Å². The number of anilines is 1. The Hall–Kier alpha value is -1.68. The van der Waals surface area contributed by atoms with Crippen molar-refractivity contribution < 1.29 is 4.79 Å². The molecule has 1 amide bonds. The third kappa shape index (κ3) is 4.91. The van der Waals surface area contributed by atoms with Crippen LogP contribution in [0.25, 0.3) is 0 Å². The number of nitrogens with zero attached hydrogens (tertiary/aromatic N) is 1. The van der Waals surface area contributed by atoms with Crippen molar-refractivity contribution in [2.24, 2.45) is 0 Å². The first-order valence-electron chi connectivity index (χ1n) is 8.46. The Kier molecular flexibility index (Phi) is 6.55. The second-order valence-electron chi connectivity index (χ2n) is 6.72. The highest BCUT2D eigenvalue weighted by atomic mass is 79.9. The fourth-order valence-electron chi connectivity index (χ4n) is 2.73. The highest BCUT2D eigenvalue weighted by Crippen LogP contribution is 2.31. The number of amides is 1. The SMILES string of the molecule is CCCCCC(C)(C)c1cccc(NC(=O)c2cccnc2Br)c1.